The van der Waals surface area contributed by atoms with Crippen molar-refractivity contribution in [2.24, 2.45) is 0 Å². The summed E-state index contributed by atoms with van der Waals surface area (Å²) in [5, 5.41) is 2.16. The van der Waals surface area contributed by atoms with Crippen LogP contribution in [0, 0.1) is 0 Å². The Balaban J connectivity index is 1.64. The van der Waals surface area contributed by atoms with Crippen LogP contribution in [-0.4, -0.2) is 17.2 Å². The van der Waals surface area contributed by atoms with Crippen molar-refractivity contribution in [2.45, 2.75) is 10.8 Å². The summed E-state index contributed by atoms with van der Waals surface area (Å²) in [5.74, 6) is 0.734. The van der Waals surface area contributed by atoms with Gasteiger partial charge < -0.3 is 4.74 Å². The number of carbonyl (C=O) groups is 1. The molecule has 4 aromatic rings. The second-order valence-electron chi connectivity index (χ2n) is 5.71. The number of fused-ring (bicyclic) bond motifs is 2. The van der Waals surface area contributed by atoms with Gasteiger partial charge in [-0.1, -0.05) is 40.2 Å². The number of hydrogen-bond acceptors (Lipinski definition) is 5. The maximum Gasteiger partial charge on any atom is 0.200 e. The number of thiazole rings is 1. The normalized spacial score (nSPS) is 11.2. The Hall–Kier alpha value is -1.89. The Kier molecular flexibility index (Phi) is 4.98. The fourth-order valence-electron chi connectivity index (χ4n) is 2.89. The van der Waals surface area contributed by atoms with Crippen molar-refractivity contribution in [1.29, 1.82) is 0 Å². The van der Waals surface area contributed by atoms with Crippen LogP contribution in [0.4, 0.5) is 0 Å². The standard InChI is InChI=1S/C20H14BrNO2S2/c1-24-17-9-6-12-10-13(21)7-8-14(12)15(17)11-19(23)26-20-22-16-4-2-3-5-18(16)25-20/h2-10H,11H2,1H3. The molecular weight excluding hydrogens is 430 g/mol. The van der Waals surface area contributed by atoms with Gasteiger partial charge in [-0.15, -0.1) is 11.3 Å². The van der Waals surface area contributed by atoms with Gasteiger partial charge in [-0.2, -0.15) is 0 Å². The van der Waals surface area contributed by atoms with E-state index in [1.54, 1.807) is 18.4 Å². The van der Waals surface area contributed by atoms with E-state index in [9.17, 15) is 4.79 Å². The summed E-state index contributed by atoms with van der Waals surface area (Å²) in [5.41, 5.74) is 1.84. The minimum absolute atomic E-state index is 0.0535. The van der Waals surface area contributed by atoms with E-state index in [1.807, 2.05) is 54.6 Å². The van der Waals surface area contributed by atoms with Gasteiger partial charge in [-0.05, 0) is 52.9 Å². The number of halogens is 1. The summed E-state index contributed by atoms with van der Waals surface area (Å²) in [6, 6.07) is 17.9. The molecule has 0 bridgehead atoms. The molecule has 0 atom stereocenters. The van der Waals surface area contributed by atoms with Crippen molar-refractivity contribution < 1.29 is 9.53 Å². The Morgan fingerprint density at radius 2 is 2.04 bits per heavy atom. The van der Waals surface area contributed by atoms with Gasteiger partial charge in [-0.25, -0.2) is 4.98 Å². The molecule has 0 amide bonds. The van der Waals surface area contributed by atoms with Crippen LogP contribution in [-0.2, 0) is 11.2 Å². The van der Waals surface area contributed by atoms with Gasteiger partial charge in [0.05, 0.1) is 17.3 Å². The summed E-state index contributed by atoms with van der Waals surface area (Å²) in [6.07, 6.45) is 0.294. The van der Waals surface area contributed by atoms with Crippen LogP contribution in [0.15, 0.2) is 63.4 Å². The lowest BCUT2D eigenvalue weighted by molar-refractivity contribution is -0.110. The molecule has 4 rings (SSSR count). The SMILES string of the molecule is COc1ccc2cc(Br)ccc2c1CC(=O)Sc1nc2ccccc2s1. The van der Waals surface area contributed by atoms with E-state index in [2.05, 4.69) is 20.9 Å². The molecule has 0 N–H and O–H groups in total. The predicted octanol–water partition coefficient (Wildman–Crippen LogP) is 6.08. The van der Waals surface area contributed by atoms with E-state index < -0.39 is 0 Å². The number of rotatable bonds is 4. The zero-order valence-corrected chi connectivity index (χ0v) is 17.1. The Morgan fingerprint density at radius 1 is 1.19 bits per heavy atom. The highest BCUT2D eigenvalue weighted by atomic mass is 79.9. The number of thioether (sulfide) groups is 1. The van der Waals surface area contributed by atoms with Crippen molar-refractivity contribution >= 4 is 65.1 Å². The number of benzene rings is 3. The molecule has 6 heteroatoms. The second kappa shape index (κ2) is 7.39. The maximum absolute atomic E-state index is 12.7. The first-order chi connectivity index (χ1) is 12.6. The molecule has 1 aromatic heterocycles. The zero-order chi connectivity index (χ0) is 18.1. The smallest absolute Gasteiger partial charge is 0.200 e. The third-order valence-corrected chi connectivity index (χ3v) is 6.53. The van der Waals surface area contributed by atoms with Crippen LogP contribution < -0.4 is 4.74 Å². The van der Waals surface area contributed by atoms with E-state index in [0.29, 0.717) is 6.42 Å². The van der Waals surface area contributed by atoms with Gasteiger partial charge in [0.2, 0.25) is 0 Å². The fraction of sp³-hybridized carbons (Fsp3) is 0.100. The third-order valence-electron chi connectivity index (χ3n) is 4.07. The summed E-state index contributed by atoms with van der Waals surface area (Å²) < 4.78 is 8.38. The molecule has 0 fully saturated rings. The lowest BCUT2D eigenvalue weighted by atomic mass is 10.0. The number of carbonyl (C=O) groups excluding carboxylic acids is 1. The van der Waals surface area contributed by atoms with Crippen molar-refractivity contribution in [1.82, 2.24) is 4.98 Å². The summed E-state index contributed by atoms with van der Waals surface area (Å²) in [7, 11) is 1.63. The average Bonchev–Trinajstić information content (AvgIpc) is 3.03. The highest BCUT2D eigenvalue weighted by Crippen LogP contribution is 2.34. The van der Waals surface area contributed by atoms with Gasteiger partial charge in [0.15, 0.2) is 9.45 Å². The second-order valence-corrected chi connectivity index (χ2v) is 8.96. The first-order valence-electron chi connectivity index (χ1n) is 7.95. The maximum atomic E-state index is 12.7. The zero-order valence-electron chi connectivity index (χ0n) is 13.9. The van der Waals surface area contributed by atoms with E-state index in [4.69, 9.17) is 4.74 Å². The Morgan fingerprint density at radius 3 is 2.85 bits per heavy atom. The van der Waals surface area contributed by atoms with Crippen molar-refractivity contribution in [3.8, 4) is 5.75 Å². The van der Waals surface area contributed by atoms with Gasteiger partial charge in [-0.3, -0.25) is 4.79 Å². The van der Waals surface area contributed by atoms with Gasteiger partial charge in [0.25, 0.3) is 0 Å². The molecule has 3 aromatic carbocycles. The molecule has 0 aliphatic heterocycles. The number of hydrogen-bond donors (Lipinski definition) is 0. The number of nitrogens with zero attached hydrogens (tertiary/aromatic N) is 1. The summed E-state index contributed by atoms with van der Waals surface area (Å²) in [4.78, 5) is 17.2. The summed E-state index contributed by atoms with van der Waals surface area (Å²) in [6.45, 7) is 0. The lowest BCUT2D eigenvalue weighted by Crippen LogP contribution is -2.01. The molecule has 3 nitrogen and oxygen atoms in total. The lowest BCUT2D eigenvalue weighted by Gasteiger charge is -2.11. The molecule has 0 saturated carbocycles. The van der Waals surface area contributed by atoms with Crippen molar-refractivity contribution in [2.75, 3.05) is 7.11 Å². The predicted molar refractivity (Wildman–Crippen MR) is 112 cm³/mol. The molecule has 0 unspecified atom stereocenters. The molecule has 0 radical (unpaired) electrons. The van der Waals surface area contributed by atoms with Gasteiger partial charge >= 0.3 is 0 Å². The summed E-state index contributed by atoms with van der Waals surface area (Å²) >= 11 is 6.24. The fourth-order valence-corrected chi connectivity index (χ4v) is 5.24. The van der Waals surface area contributed by atoms with Crippen LogP contribution >= 0.6 is 39.0 Å². The highest BCUT2D eigenvalue weighted by Gasteiger charge is 2.16. The quantitative estimate of drug-likeness (QED) is 0.358. The first kappa shape index (κ1) is 17.5. The van der Waals surface area contributed by atoms with E-state index in [0.717, 1.165) is 41.1 Å². The van der Waals surface area contributed by atoms with Crippen LogP contribution in [0.5, 0.6) is 5.75 Å². The molecule has 0 spiro atoms. The monoisotopic (exact) mass is 443 g/mol. The van der Waals surface area contributed by atoms with Gasteiger partial charge in [0.1, 0.15) is 5.75 Å². The van der Waals surface area contributed by atoms with Crippen LogP contribution in [0.1, 0.15) is 5.56 Å². The molecule has 0 saturated heterocycles. The number of methoxy groups -OCH3 is 1. The Labute approximate surface area is 167 Å². The van der Waals surface area contributed by atoms with E-state index in [-0.39, 0.29) is 5.12 Å². The third kappa shape index (κ3) is 3.49. The molecule has 130 valence electrons. The van der Waals surface area contributed by atoms with Crippen LogP contribution in [0.25, 0.3) is 21.0 Å². The van der Waals surface area contributed by atoms with Crippen LogP contribution in [0.2, 0.25) is 0 Å². The Bertz CT molecular complexity index is 1090. The first-order valence-corrected chi connectivity index (χ1v) is 10.4. The number of ether oxygens (including phenoxy) is 1. The van der Waals surface area contributed by atoms with Crippen molar-refractivity contribution in [3.63, 3.8) is 0 Å². The van der Waals surface area contributed by atoms with E-state index in [1.165, 1.54) is 11.8 Å². The van der Waals surface area contributed by atoms with Crippen molar-refractivity contribution in [3.05, 3.63) is 64.6 Å². The minimum atomic E-state index is 0.0535. The molecule has 26 heavy (non-hydrogen) atoms. The van der Waals surface area contributed by atoms with Crippen LogP contribution in [0.3, 0.4) is 0 Å². The minimum Gasteiger partial charge on any atom is -0.496 e. The molecule has 0 aliphatic rings. The molecular formula is C20H14BrNO2S2. The molecule has 0 aliphatic carbocycles. The largest absolute Gasteiger partial charge is 0.496 e. The van der Waals surface area contributed by atoms with Gasteiger partial charge in [0, 0.05) is 16.5 Å². The molecule has 1 heterocycles. The number of aromatic nitrogens is 1. The number of para-hydroxylation sites is 1. The average molecular weight is 444 g/mol. The topological polar surface area (TPSA) is 39.2 Å². The highest BCUT2D eigenvalue weighted by molar-refractivity contribution is 9.10. The van der Waals surface area contributed by atoms with E-state index >= 15 is 0 Å².